The van der Waals surface area contributed by atoms with E-state index >= 15 is 0 Å². The molecule has 0 aliphatic heterocycles. The van der Waals surface area contributed by atoms with Crippen molar-refractivity contribution in [3.63, 3.8) is 0 Å². The van der Waals surface area contributed by atoms with Crippen LogP contribution in [0.1, 0.15) is 24.2 Å². The molecule has 0 radical (unpaired) electrons. The zero-order valence-electron chi connectivity index (χ0n) is 14.3. The first-order valence-corrected chi connectivity index (χ1v) is 8.43. The Kier molecular flexibility index (Phi) is 5.28. The van der Waals surface area contributed by atoms with E-state index in [1.165, 1.54) is 6.07 Å². The van der Waals surface area contributed by atoms with E-state index in [-0.39, 0.29) is 6.61 Å². The van der Waals surface area contributed by atoms with Gasteiger partial charge in [0.25, 0.3) is 0 Å². The Morgan fingerprint density at radius 3 is 2.73 bits per heavy atom. The van der Waals surface area contributed by atoms with Crippen LogP contribution in [0.2, 0.25) is 5.02 Å². The van der Waals surface area contributed by atoms with Crippen LogP contribution < -0.4 is 10.4 Å². The number of carbonyl (C=O) groups excluding carboxylic acids is 1. The highest BCUT2D eigenvalue weighted by Gasteiger charge is 2.15. The van der Waals surface area contributed by atoms with Crippen molar-refractivity contribution >= 4 is 28.5 Å². The second kappa shape index (κ2) is 7.62. The van der Waals surface area contributed by atoms with Crippen LogP contribution >= 0.6 is 11.6 Å². The highest BCUT2D eigenvalue weighted by Crippen LogP contribution is 2.25. The molecule has 1 atom stereocenters. The SMILES string of the molecule is Cc1cc(=O)oc2cc(OCC(=O)O[C@@H](C)c3ccccc3Cl)ccc12. The van der Waals surface area contributed by atoms with Crippen molar-refractivity contribution in [2.24, 2.45) is 0 Å². The fraction of sp³-hybridized carbons (Fsp3) is 0.200. The molecule has 0 unspecified atom stereocenters. The molecule has 0 N–H and O–H groups in total. The highest BCUT2D eigenvalue weighted by atomic mass is 35.5. The average molecular weight is 373 g/mol. The number of benzene rings is 2. The largest absolute Gasteiger partial charge is 0.482 e. The van der Waals surface area contributed by atoms with Gasteiger partial charge < -0.3 is 13.9 Å². The first-order chi connectivity index (χ1) is 12.4. The molecular formula is C20H17ClO5. The van der Waals surface area contributed by atoms with E-state index in [1.807, 2.05) is 19.1 Å². The van der Waals surface area contributed by atoms with Gasteiger partial charge in [-0.1, -0.05) is 29.8 Å². The van der Waals surface area contributed by atoms with E-state index in [1.54, 1.807) is 37.3 Å². The molecule has 3 rings (SSSR count). The summed E-state index contributed by atoms with van der Waals surface area (Å²) < 4.78 is 16.0. The van der Waals surface area contributed by atoms with Crippen molar-refractivity contribution in [1.82, 2.24) is 0 Å². The Morgan fingerprint density at radius 2 is 1.96 bits per heavy atom. The summed E-state index contributed by atoms with van der Waals surface area (Å²) in [5, 5.41) is 1.35. The minimum atomic E-state index is -0.525. The summed E-state index contributed by atoms with van der Waals surface area (Å²) in [6.07, 6.45) is -0.489. The Hall–Kier alpha value is -2.79. The maximum atomic E-state index is 12.0. The first kappa shape index (κ1) is 18.0. The number of fused-ring (bicyclic) bond motifs is 1. The molecule has 0 spiro atoms. The molecule has 2 aromatic carbocycles. The quantitative estimate of drug-likeness (QED) is 0.489. The lowest BCUT2D eigenvalue weighted by atomic mass is 10.1. The maximum Gasteiger partial charge on any atom is 0.344 e. The van der Waals surface area contributed by atoms with Crippen molar-refractivity contribution < 1.29 is 18.7 Å². The van der Waals surface area contributed by atoms with E-state index in [2.05, 4.69) is 0 Å². The van der Waals surface area contributed by atoms with Crippen molar-refractivity contribution in [2.75, 3.05) is 6.61 Å². The van der Waals surface area contributed by atoms with Crippen LogP contribution in [0, 0.1) is 6.92 Å². The van der Waals surface area contributed by atoms with Gasteiger partial charge in [-0.2, -0.15) is 0 Å². The topological polar surface area (TPSA) is 65.7 Å². The molecule has 1 aromatic heterocycles. The second-order valence-electron chi connectivity index (χ2n) is 5.85. The van der Waals surface area contributed by atoms with Gasteiger partial charge in [0.05, 0.1) is 0 Å². The molecule has 26 heavy (non-hydrogen) atoms. The smallest absolute Gasteiger partial charge is 0.344 e. The third kappa shape index (κ3) is 4.06. The van der Waals surface area contributed by atoms with E-state index in [0.29, 0.717) is 16.4 Å². The van der Waals surface area contributed by atoms with Crippen LogP contribution in [0.3, 0.4) is 0 Å². The van der Waals surface area contributed by atoms with Gasteiger partial charge in [-0.25, -0.2) is 9.59 Å². The summed E-state index contributed by atoms with van der Waals surface area (Å²) in [4.78, 5) is 23.5. The Morgan fingerprint density at radius 1 is 1.19 bits per heavy atom. The summed E-state index contributed by atoms with van der Waals surface area (Å²) in [5.41, 5.74) is 1.52. The van der Waals surface area contributed by atoms with Gasteiger partial charge >= 0.3 is 11.6 Å². The predicted molar refractivity (Wildman–Crippen MR) is 98.7 cm³/mol. The van der Waals surface area contributed by atoms with E-state index < -0.39 is 17.7 Å². The van der Waals surface area contributed by atoms with E-state index in [9.17, 15) is 9.59 Å². The Labute approximate surface area is 155 Å². The fourth-order valence-corrected chi connectivity index (χ4v) is 2.93. The molecule has 5 nitrogen and oxygen atoms in total. The molecule has 0 saturated carbocycles. The Balaban J connectivity index is 1.65. The fourth-order valence-electron chi connectivity index (χ4n) is 2.64. The standard InChI is InChI=1S/C20H17ClO5/c1-12-9-19(22)26-18-10-14(7-8-15(12)18)24-11-20(23)25-13(2)16-5-3-4-6-17(16)21/h3-10,13H,11H2,1-2H3/t13-/m0/s1. The zero-order chi connectivity index (χ0) is 18.7. The molecule has 0 amide bonds. The van der Waals surface area contributed by atoms with Gasteiger partial charge in [-0.05, 0) is 37.6 Å². The molecule has 0 aliphatic rings. The van der Waals surface area contributed by atoms with Crippen LogP contribution in [-0.2, 0) is 9.53 Å². The van der Waals surface area contributed by atoms with Crippen molar-refractivity contribution in [1.29, 1.82) is 0 Å². The number of carbonyl (C=O) groups is 1. The van der Waals surface area contributed by atoms with Gasteiger partial charge in [0.15, 0.2) is 6.61 Å². The number of ether oxygens (including phenoxy) is 2. The molecule has 0 bridgehead atoms. The summed E-state index contributed by atoms with van der Waals surface area (Å²) in [6, 6.07) is 13.7. The maximum absolute atomic E-state index is 12.0. The van der Waals surface area contributed by atoms with Crippen LogP contribution in [0.4, 0.5) is 0 Å². The van der Waals surface area contributed by atoms with Crippen molar-refractivity contribution in [3.05, 3.63) is 75.1 Å². The van der Waals surface area contributed by atoms with E-state index in [4.69, 9.17) is 25.5 Å². The number of halogens is 1. The molecule has 1 heterocycles. The van der Waals surface area contributed by atoms with Gasteiger partial charge in [0.1, 0.15) is 17.4 Å². The lowest BCUT2D eigenvalue weighted by Gasteiger charge is -2.15. The van der Waals surface area contributed by atoms with Crippen LogP contribution in [-0.4, -0.2) is 12.6 Å². The van der Waals surface area contributed by atoms with Crippen LogP contribution in [0.25, 0.3) is 11.0 Å². The zero-order valence-corrected chi connectivity index (χ0v) is 15.1. The van der Waals surface area contributed by atoms with Crippen molar-refractivity contribution in [3.8, 4) is 5.75 Å². The van der Waals surface area contributed by atoms with Gasteiger partial charge in [0.2, 0.25) is 0 Å². The molecule has 0 fully saturated rings. The predicted octanol–water partition coefficient (Wildman–Crippen LogP) is 4.44. The molecule has 6 heteroatoms. The number of esters is 1. The second-order valence-corrected chi connectivity index (χ2v) is 6.26. The molecule has 134 valence electrons. The van der Waals surface area contributed by atoms with Gasteiger partial charge in [-0.15, -0.1) is 0 Å². The first-order valence-electron chi connectivity index (χ1n) is 8.05. The average Bonchev–Trinajstić information content (AvgIpc) is 2.59. The normalized spacial score (nSPS) is 12.0. The minimum Gasteiger partial charge on any atom is -0.482 e. The molecule has 0 saturated heterocycles. The van der Waals surface area contributed by atoms with Gasteiger partial charge in [-0.3, -0.25) is 0 Å². The number of aryl methyl sites for hydroxylation is 1. The molecular weight excluding hydrogens is 356 g/mol. The van der Waals surface area contributed by atoms with Crippen LogP contribution in [0.5, 0.6) is 5.75 Å². The third-order valence-electron chi connectivity index (χ3n) is 3.93. The summed E-state index contributed by atoms with van der Waals surface area (Å²) in [5.74, 6) is -0.114. The van der Waals surface area contributed by atoms with E-state index in [0.717, 1.165) is 16.5 Å². The van der Waals surface area contributed by atoms with Crippen LogP contribution in [0.15, 0.2) is 57.7 Å². The monoisotopic (exact) mass is 372 g/mol. The van der Waals surface area contributed by atoms with Gasteiger partial charge in [0, 0.05) is 28.1 Å². The number of rotatable bonds is 5. The summed E-state index contributed by atoms with van der Waals surface area (Å²) in [6.45, 7) is 3.30. The molecule has 3 aromatic rings. The lowest BCUT2D eigenvalue weighted by molar-refractivity contribution is -0.151. The molecule has 0 aliphatic carbocycles. The highest BCUT2D eigenvalue weighted by molar-refractivity contribution is 6.31. The Bertz CT molecular complexity index is 1010. The number of hydrogen-bond donors (Lipinski definition) is 0. The lowest BCUT2D eigenvalue weighted by Crippen LogP contribution is -2.17. The third-order valence-corrected chi connectivity index (χ3v) is 4.28. The number of hydrogen-bond acceptors (Lipinski definition) is 5. The summed E-state index contributed by atoms with van der Waals surface area (Å²) in [7, 11) is 0. The minimum absolute atomic E-state index is 0.268. The summed E-state index contributed by atoms with van der Waals surface area (Å²) >= 11 is 6.10. The van der Waals surface area contributed by atoms with Crippen molar-refractivity contribution in [2.45, 2.75) is 20.0 Å².